The zero-order valence-electron chi connectivity index (χ0n) is 13.2. The Balaban J connectivity index is 1.94. The van der Waals surface area contributed by atoms with Gasteiger partial charge in [-0.15, -0.1) is 0 Å². The fraction of sp³-hybridized carbons (Fsp3) is 0.438. The summed E-state index contributed by atoms with van der Waals surface area (Å²) in [7, 11) is 1.40. The number of rotatable bonds is 4. The lowest BCUT2D eigenvalue weighted by Gasteiger charge is -2.39. The summed E-state index contributed by atoms with van der Waals surface area (Å²) in [6, 6.07) is 5.77. The molecule has 2 heterocycles. The van der Waals surface area contributed by atoms with Gasteiger partial charge in [0.2, 0.25) is 6.29 Å². The summed E-state index contributed by atoms with van der Waals surface area (Å²) in [6.07, 6.45) is -7.11. The summed E-state index contributed by atoms with van der Waals surface area (Å²) in [5.74, 6) is 0.368. The second-order valence-electron chi connectivity index (χ2n) is 5.61. The Kier molecular flexibility index (Phi) is 4.93. The number of hydrogen-bond acceptors (Lipinski definition) is 9. The largest absolute Gasteiger partial charge is 0.493 e. The topological polar surface area (TPSA) is 139 Å². The first-order chi connectivity index (χ1) is 11.9. The van der Waals surface area contributed by atoms with E-state index >= 15 is 0 Å². The van der Waals surface area contributed by atoms with E-state index in [1.165, 1.54) is 19.2 Å². The van der Waals surface area contributed by atoms with Crippen LogP contribution in [0, 0.1) is 0 Å². The number of benzene rings is 1. The summed E-state index contributed by atoms with van der Waals surface area (Å²) >= 11 is 0. The maximum absolute atomic E-state index is 11.4. The molecule has 0 aliphatic carbocycles. The van der Waals surface area contributed by atoms with Gasteiger partial charge < -0.3 is 39.1 Å². The van der Waals surface area contributed by atoms with Crippen molar-refractivity contribution in [2.45, 2.75) is 30.7 Å². The number of aliphatic hydroxyl groups is 4. The van der Waals surface area contributed by atoms with Gasteiger partial charge in [0.05, 0.1) is 13.7 Å². The molecule has 0 amide bonds. The first-order valence-corrected chi connectivity index (χ1v) is 7.53. The van der Waals surface area contributed by atoms with Crippen LogP contribution >= 0.6 is 0 Å². The molecule has 9 nitrogen and oxygen atoms in total. The average molecular weight is 354 g/mol. The van der Waals surface area contributed by atoms with Crippen LogP contribution < -0.4 is 15.1 Å². The van der Waals surface area contributed by atoms with Gasteiger partial charge in [-0.25, -0.2) is 4.79 Å². The van der Waals surface area contributed by atoms with Crippen molar-refractivity contribution in [3.8, 4) is 11.5 Å². The van der Waals surface area contributed by atoms with Gasteiger partial charge in [-0.05, 0) is 12.1 Å². The molecule has 1 saturated heterocycles. The van der Waals surface area contributed by atoms with Crippen molar-refractivity contribution in [3.05, 3.63) is 34.7 Å². The van der Waals surface area contributed by atoms with Crippen molar-refractivity contribution in [2.75, 3.05) is 13.7 Å². The minimum atomic E-state index is -1.57. The van der Waals surface area contributed by atoms with E-state index in [1.54, 1.807) is 12.1 Å². The predicted molar refractivity (Wildman–Crippen MR) is 83.4 cm³/mol. The molecule has 5 atom stereocenters. The fourth-order valence-electron chi connectivity index (χ4n) is 2.62. The van der Waals surface area contributed by atoms with E-state index in [1.807, 2.05) is 0 Å². The molecule has 0 spiro atoms. The van der Waals surface area contributed by atoms with Crippen LogP contribution in [0.1, 0.15) is 0 Å². The number of aliphatic hydroxyl groups excluding tert-OH is 4. The van der Waals surface area contributed by atoms with Crippen LogP contribution in [0.3, 0.4) is 0 Å². The smallest absolute Gasteiger partial charge is 0.336 e. The van der Waals surface area contributed by atoms with Crippen molar-refractivity contribution >= 4 is 11.0 Å². The monoisotopic (exact) mass is 354 g/mol. The van der Waals surface area contributed by atoms with Crippen LogP contribution in [0.5, 0.6) is 11.5 Å². The van der Waals surface area contributed by atoms with Crippen LogP contribution in [0.2, 0.25) is 0 Å². The van der Waals surface area contributed by atoms with Gasteiger partial charge in [-0.1, -0.05) is 0 Å². The minimum absolute atomic E-state index is 0.0914. The van der Waals surface area contributed by atoms with E-state index in [0.29, 0.717) is 5.39 Å². The molecule has 1 aromatic carbocycles. The standard InChI is InChI=1S/C16H18O9/c1-22-9-4-7-2-3-12(18)23-8(7)5-10(9)24-16-15(21)14(20)13(19)11(6-17)25-16/h2-5,11,13-17,19-21H,6H2,1H3/t11-,13+,14-,15-,16-/m1/s1. The Morgan fingerprint density at radius 1 is 1.08 bits per heavy atom. The van der Waals surface area contributed by atoms with Crippen LogP contribution in [-0.4, -0.2) is 64.8 Å². The number of hydrogen-bond donors (Lipinski definition) is 4. The van der Waals surface area contributed by atoms with Gasteiger partial charge in [-0.3, -0.25) is 0 Å². The molecule has 9 heteroatoms. The third kappa shape index (κ3) is 3.32. The lowest BCUT2D eigenvalue weighted by Crippen LogP contribution is -2.60. The maximum Gasteiger partial charge on any atom is 0.336 e. The molecule has 0 saturated carbocycles. The van der Waals surface area contributed by atoms with E-state index in [9.17, 15) is 25.2 Å². The molecule has 136 valence electrons. The molecule has 1 aromatic heterocycles. The Labute approximate surface area is 141 Å². The summed E-state index contributed by atoms with van der Waals surface area (Å²) in [5.41, 5.74) is -0.315. The van der Waals surface area contributed by atoms with E-state index in [2.05, 4.69) is 0 Å². The third-order valence-electron chi connectivity index (χ3n) is 4.00. The molecule has 1 fully saturated rings. The zero-order valence-corrected chi connectivity index (χ0v) is 13.2. The molecule has 1 aliphatic heterocycles. The van der Waals surface area contributed by atoms with Crippen molar-refractivity contribution in [2.24, 2.45) is 0 Å². The highest BCUT2D eigenvalue weighted by Gasteiger charge is 2.45. The first kappa shape index (κ1) is 17.6. The first-order valence-electron chi connectivity index (χ1n) is 7.53. The van der Waals surface area contributed by atoms with Crippen molar-refractivity contribution in [3.63, 3.8) is 0 Å². The Hall–Kier alpha value is -2.17. The molecule has 3 rings (SSSR count). The second kappa shape index (κ2) is 6.98. The lowest BCUT2D eigenvalue weighted by atomic mass is 9.99. The van der Waals surface area contributed by atoms with Crippen LogP contribution in [0.25, 0.3) is 11.0 Å². The summed E-state index contributed by atoms with van der Waals surface area (Å²) in [6.45, 7) is -0.575. The van der Waals surface area contributed by atoms with Gasteiger partial charge >= 0.3 is 5.63 Å². The fourth-order valence-corrected chi connectivity index (χ4v) is 2.62. The quantitative estimate of drug-likeness (QED) is 0.508. The molecular weight excluding hydrogens is 336 g/mol. The van der Waals surface area contributed by atoms with E-state index in [0.717, 1.165) is 0 Å². The van der Waals surface area contributed by atoms with Crippen molar-refractivity contribution in [1.29, 1.82) is 0 Å². The molecule has 0 bridgehead atoms. The van der Waals surface area contributed by atoms with Crippen LogP contribution in [0.15, 0.2) is 33.5 Å². The van der Waals surface area contributed by atoms with Gasteiger partial charge in [0.15, 0.2) is 11.5 Å². The highest BCUT2D eigenvalue weighted by Crippen LogP contribution is 2.34. The molecular formula is C16H18O9. The van der Waals surface area contributed by atoms with E-state index in [-0.39, 0.29) is 17.1 Å². The summed E-state index contributed by atoms with van der Waals surface area (Å²) in [4.78, 5) is 11.4. The normalized spacial score (nSPS) is 29.6. The lowest BCUT2D eigenvalue weighted by molar-refractivity contribution is -0.277. The molecule has 2 aromatic rings. The van der Waals surface area contributed by atoms with Gasteiger partial charge in [-0.2, -0.15) is 0 Å². The van der Waals surface area contributed by atoms with Crippen LogP contribution in [0.4, 0.5) is 0 Å². The summed E-state index contributed by atoms with van der Waals surface area (Å²) in [5, 5.41) is 39.5. The highest BCUT2D eigenvalue weighted by molar-refractivity contribution is 5.80. The van der Waals surface area contributed by atoms with Crippen LogP contribution in [-0.2, 0) is 4.74 Å². The van der Waals surface area contributed by atoms with Gasteiger partial charge in [0, 0.05) is 17.5 Å². The summed E-state index contributed by atoms with van der Waals surface area (Å²) < 4.78 is 21.1. The third-order valence-corrected chi connectivity index (χ3v) is 4.00. The molecule has 25 heavy (non-hydrogen) atoms. The SMILES string of the molecule is COc1cc2ccc(=O)oc2cc1O[C@@H]1O[C@H](CO)[C@H](O)[C@@H](O)[C@H]1O. The highest BCUT2D eigenvalue weighted by atomic mass is 16.7. The number of ether oxygens (including phenoxy) is 3. The molecule has 0 unspecified atom stereocenters. The van der Waals surface area contributed by atoms with Crippen molar-refractivity contribution < 1.29 is 39.1 Å². The zero-order chi connectivity index (χ0) is 18.1. The molecule has 0 radical (unpaired) electrons. The Morgan fingerprint density at radius 3 is 2.52 bits per heavy atom. The number of methoxy groups -OCH3 is 1. The van der Waals surface area contributed by atoms with E-state index in [4.69, 9.17) is 18.6 Å². The van der Waals surface area contributed by atoms with Gasteiger partial charge in [0.25, 0.3) is 0 Å². The molecule has 1 aliphatic rings. The maximum atomic E-state index is 11.4. The second-order valence-corrected chi connectivity index (χ2v) is 5.61. The average Bonchev–Trinajstić information content (AvgIpc) is 2.61. The number of fused-ring (bicyclic) bond motifs is 1. The molecule has 4 N–H and O–H groups in total. The van der Waals surface area contributed by atoms with E-state index < -0.39 is 42.9 Å². The Bertz CT molecular complexity index is 800. The predicted octanol–water partition coefficient (Wildman–Crippen LogP) is -1.02. The minimum Gasteiger partial charge on any atom is -0.493 e. The van der Waals surface area contributed by atoms with Crippen molar-refractivity contribution in [1.82, 2.24) is 0 Å². The van der Waals surface area contributed by atoms with Gasteiger partial charge in [0.1, 0.15) is 30.0 Å². The Morgan fingerprint density at radius 2 is 1.84 bits per heavy atom.